The van der Waals surface area contributed by atoms with Crippen molar-refractivity contribution in [2.45, 2.75) is 19.3 Å². The SMILES string of the molecule is CCC(c1ccccc1)C(C(=O)O)C(=O)O. The quantitative estimate of drug-likeness (QED) is 0.747. The van der Waals surface area contributed by atoms with Crippen molar-refractivity contribution in [3.8, 4) is 0 Å². The van der Waals surface area contributed by atoms with E-state index in [0.717, 1.165) is 5.56 Å². The molecule has 16 heavy (non-hydrogen) atoms. The monoisotopic (exact) mass is 222 g/mol. The minimum atomic E-state index is -1.38. The van der Waals surface area contributed by atoms with Gasteiger partial charge in [0, 0.05) is 5.92 Å². The maximum atomic E-state index is 10.9. The van der Waals surface area contributed by atoms with Crippen molar-refractivity contribution >= 4 is 11.9 Å². The first kappa shape index (κ1) is 12.2. The minimum Gasteiger partial charge on any atom is -0.481 e. The van der Waals surface area contributed by atoms with E-state index in [1.165, 1.54) is 0 Å². The summed E-state index contributed by atoms with van der Waals surface area (Å²) >= 11 is 0. The van der Waals surface area contributed by atoms with E-state index >= 15 is 0 Å². The number of benzene rings is 1. The molecule has 1 unspecified atom stereocenters. The minimum absolute atomic E-state index is 0.479. The molecule has 86 valence electrons. The van der Waals surface area contributed by atoms with E-state index in [4.69, 9.17) is 10.2 Å². The fourth-order valence-corrected chi connectivity index (χ4v) is 1.81. The highest BCUT2D eigenvalue weighted by atomic mass is 16.4. The van der Waals surface area contributed by atoms with Gasteiger partial charge in [-0.2, -0.15) is 0 Å². The van der Waals surface area contributed by atoms with Crippen LogP contribution in [0.1, 0.15) is 24.8 Å². The van der Waals surface area contributed by atoms with Gasteiger partial charge in [0.15, 0.2) is 5.92 Å². The highest BCUT2D eigenvalue weighted by Gasteiger charge is 2.34. The lowest BCUT2D eigenvalue weighted by Crippen LogP contribution is -2.29. The number of hydrogen-bond donors (Lipinski definition) is 2. The van der Waals surface area contributed by atoms with Gasteiger partial charge in [-0.1, -0.05) is 37.3 Å². The molecule has 4 heteroatoms. The molecule has 1 rings (SSSR count). The standard InChI is InChI=1S/C12H14O4/c1-2-9(8-6-4-3-5-7-8)10(11(13)14)12(15)16/h3-7,9-10H,2H2,1H3,(H,13,14)(H,15,16). The third-order valence-corrected chi connectivity index (χ3v) is 2.60. The van der Waals surface area contributed by atoms with Gasteiger partial charge in [-0.25, -0.2) is 0 Å². The predicted octanol–water partition coefficient (Wildman–Crippen LogP) is 1.97. The number of carboxylic acid groups (broad SMARTS) is 2. The maximum absolute atomic E-state index is 10.9. The molecule has 0 bridgehead atoms. The lowest BCUT2D eigenvalue weighted by Gasteiger charge is -2.19. The second-order valence-corrected chi connectivity index (χ2v) is 3.58. The molecule has 0 aliphatic heterocycles. The first-order valence-electron chi connectivity index (χ1n) is 5.08. The molecule has 0 saturated heterocycles. The average molecular weight is 222 g/mol. The van der Waals surface area contributed by atoms with Crippen molar-refractivity contribution in [2.75, 3.05) is 0 Å². The Balaban J connectivity index is 3.05. The van der Waals surface area contributed by atoms with Gasteiger partial charge in [0.25, 0.3) is 0 Å². The highest BCUT2D eigenvalue weighted by Crippen LogP contribution is 2.28. The highest BCUT2D eigenvalue weighted by molar-refractivity contribution is 5.94. The fourth-order valence-electron chi connectivity index (χ4n) is 1.81. The van der Waals surface area contributed by atoms with Crippen LogP contribution in [0.3, 0.4) is 0 Å². The van der Waals surface area contributed by atoms with Crippen molar-refractivity contribution in [1.29, 1.82) is 0 Å². The largest absolute Gasteiger partial charge is 0.481 e. The first-order chi connectivity index (χ1) is 7.57. The Hall–Kier alpha value is -1.84. The van der Waals surface area contributed by atoms with E-state index in [-0.39, 0.29) is 0 Å². The molecule has 0 radical (unpaired) electrons. The van der Waals surface area contributed by atoms with Gasteiger partial charge in [-0.05, 0) is 12.0 Å². The van der Waals surface area contributed by atoms with Crippen LogP contribution >= 0.6 is 0 Å². The molecule has 0 saturated carbocycles. The van der Waals surface area contributed by atoms with Gasteiger partial charge < -0.3 is 10.2 Å². The topological polar surface area (TPSA) is 74.6 Å². The molecular weight excluding hydrogens is 208 g/mol. The van der Waals surface area contributed by atoms with Crippen molar-refractivity contribution in [3.05, 3.63) is 35.9 Å². The van der Waals surface area contributed by atoms with E-state index in [0.29, 0.717) is 6.42 Å². The molecule has 1 atom stereocenters. The summed E-state index contributed by atoms with van der Waals surface area (Å²) in [7, 11) is 0. The van der Waals surface area contributed by atoms with Gasteiger partial charge >= 0.3 is 11.9 Å². The molecule has 4 nitrogen and oxygen atoms in total. The summed E-state index contributed by atoms with van der Waals surface area (Å²) in [6, 6.07) is 8.88. The summed E-state index contributed by atoms with van der Waals surface area (Å²) in [5, 5.41) is 17.9. The van der Waals surface area contributed by atoms with Crippen molar-refractivity contribution in [2.24, 2.45) is 5.92 Å². The summed E-state index contributed by atoms with van der Waals surface area (Å²) in [6.07, 6.45) is 0.479. The van der Waals surface area contributed by atoms with E-state index in [9.17, 15) is 9.59 Å². The van der Waals surface area contributed by atoms with Gasteiger partial charge in [0.2, 0.25) is 0 Å². The Morgan fingerprint density at radius 2 is 1.62 bits per heavy atom. The number of hydrogen-bond acceptors (Lipinski definition) is 2. The van der Waals surface area contributed by atoms with E-state index in [1.807, 2.05) is 6.07 Å². The predicted molar refractivity (Wildman–Crippen MR) is 58.2 cm³/mol. The van der Waals surface area contributed by atoms with Crippen molar-refractivity contribution in [1.82, 2.24) is 0 Å². The van der Waals surface area contributed by atoms with Gasteiger partial charge in [-0.15, -0.1) is 0 Å². The average Bonchev–Trinajstić information content (AvgIpc) is 2.25. The molecule has 0 spiro atoms. The van der Waals surface area contributed by atoms with Crippen LogP contribution in [0.4, 0.5) is 0 Å². The van der Waals surface area contributed by atoms with Gasteiger partial charge in [-0.3, -0.25) is 9.59 Å². The van der Waals surface area contributed by atoms with E-state index in [1.54, 1.807) is 31.2 Å². The molecular formula is C12H14O4. The van der Waals surface area contributed by atoms with Crippen LogP contribution in [0.2, 0.25) is 0 Å². The summed E-state index contributed by atoms with van der Waals surface area (Å²) in [5.41, 5.74) is 0.750. The van der Waals surface area contributed by atoms with Crippen LogP contribution in [0.5, 0.6) is 0 Å². The Bertz CT molecular complexity index is 358. The first-order valence-corrected chi connectivity index (χ1v) is 5.08. The lowest BCUT2D eigenvalue weighted by molar-refractivity contribution is -0.155. The van der Waals surface area contributed by atoms with Gasteiger partial charge in [0.1, 0.15) is 0 Å². The molecule has 0 heterocycles. The smallest absolute Gasteiger partial charge is 0.318 e. The molecule has 1 aromatic rings. The fraction of sp³-hybridized carbons (Fsp3) is 0.333. The van der Waals surface area contributed by atoms with E-state index < -0.39 is 23.8 Å². The van der Waals surface area contributed by atoms with Crippen LogP contribution in [0, 0.1) is 5.92 Å². The normalized spacial score (nSPS) is 12.4. The van der Waals surface area contributed by atoms with Crippen molar-refractivity contribution < 1.29 is 19.8 Å². The Kier molecular flexibility index (Phi) is 4.05. The molecule has 0 amide bonds. The molecule has 0 aliphatic rings. The summed E-state index contributed by atoms with van der Waals surface area (Å²) in [5.74, 6) is -4.45. The number of rotatable bonds is 5. The summed E-state index contributed by atoms with van der Waals surface area (Å²) in [4.78, 5) is 21.9. The van der Waals surface area contributed by atoms with Crippen LogP contribution < -0.4 is 0 Å². The molecule has 0 aliphatic carbocycles. The Morgan fingerprint density at radius 3 is 2.00 bits per heavy atom. The summed E-state index contributed by atoms with van der Waals surface area (Å²) < 4.78 is 0. The number of carbonyl (C=O) groups is 2. The van der Waals surface area contributed by atoms with E-state index in [2.05, 4.69) is 0 Å². The third-order valence-electron chi connectivity index (χ3n) is 2.60. The van der Waals surface area contributed by atoms with Crippen molar-refractivity contribution in [3.63, 3.8) is 0 Å². The lowest BCUT2D eigenvalue weighted by atomic mass is 9.84. The van der Waals surface area contributed by atoms with Crippen LogP contribution in [0.15, 0.2) is 30.3 Å². The molecule has 2 N–H and O–H groups in total. The molecule has 0 fully saturated rings. The van der Waals surface area contributed by atoms with Crippen LogP contribution in [0.25, 0.3) is 0 Å². The molecule has 0 aromatic heterocycles. The van der Waals surface area contributed by atoms with Gasteiger partial charge in [0.05, 0.1) is 0 Å². The second-order valence-electron chi connectivity index (χ2n) is 3.58. The maximum Gasteiger partial charge on any atom is 0.318 e. The number of carboxylic acids is 2. The molecule has 1 aromatic carbocycles. The Labute approximate surface area is 93.5 Å². The van der Waals surface area contributed by atoms with Crippen LogP contribution in [-0.2, 0) is 9.59 Å². The zero-order chi connectivity index (χ0) is 12.1. The third kappa shape index (κ3) is 2.59. The zero-order valence-corrected chi connectivity index (χ0v) is 8.96. The van der Waals surface area contributed by atoms with Crippen LogP contribution in [-0.4, -0.2) is 22.2 Å². The Morgan fingerprint density at radius 1 is 1.12 bits per heavy atom. The summed E-state index contributed by atoms with van der Waals surface area (Å²) in [6.45, 7) is 1.79. The zero-order valence-electron chi connectivity index (χ0n) is 8.96. The number of aliphatic carboxylic acids is 2. The second kappa shape index (κ2) is 5.30.